The molecule has 1 aromatic heterocycles. The van der Waals surface area contributed by atoms with Gasteiger partial charge in [-0.15, -0.1) is 0 Å². The van der Waals surface area contributed by atoms with E-state index < -0.39 is 0 Å². The number of carbonyl (C=O) groups is 1. The van der Waals surface area contributed by atoms with Gasteiger partial charge in [-0.2, -0.15) is 0 Å². The summed E-state index contributed by atoms with van der Waals surface area (Å²) in [6.07, 6.45) is 1.83. The lowest BCUT2D eigenvalue weighted by Crippen LogP contribution is -3.09. The molecule has 1 unspecified atom stereocenters. The van der Waals surface area contributed by atoms with Crippen LogP contribution < -0.4 is 14.4 Å². The number of hydrogen-bond donors (Lipinski definition) is 2. The summed E-state index contributed by atoms with van der Waals surface area (Å²) in [5, 5.41) is 0.958. The number of hydrogen-bond acceptors (Lipinski definition) is 3. The molecular formula is C25H23N2O3+. The number of likely N-dealkylation sites (N-methyl/N-ethyl adjacent to an activating group) is 1. The molecule has 5 nitrogen and oxygen atoms in total. The highest BCUT2D eigenvalue weighted by molar-refractivity contribution is 6.10. The highest BCUT2D eigenvalue weighted by Gasteiger charge is 2.31. The van der Waals surface area contributed by atoms with Gasteiger partial charge in [-0.3, -0.25) is 4.79 Å². The molecule has 2 N–H and O–H groups in total. The topological polar surface area (TPSA) is 55.8 Å². The largest absolute Gasteiger partial charge is 0.454 e. The Morgan fingerprint density at radius 1 is 1.00 bits per heavy atom. The molecule has 0 saturated carbocycles. The van der Waals surface area contributed by atoms with Crippen LogP contribution in [0.3, 0.4) is 0 Å². The van der Waals surface area contributed by atoms with Crippen LogP contribution in [0, 0.1) is 0 Å². The first-order valence-corrected chi connectivity index (χ1v) is 10.1. The second kappa shape index (κ2) is 7.69. The molecule has 2 atom stereocenters. The number of aromatic amines is 1. The van der Waals surface area contributed by atoms with Crippen LogP contribution in [0.4, 0.5) is 0 Å². The third kappa shape index (κ3) is 3.33. The van der Waals surface area contributed by atoms with Crippen molar-refractivity contribution in [1.29, 1.82) is 0 Å². The average Bonchev–Trinajstić information content (AvgIpc) is 3.41. The molecule has 0 bridgehead atoms. The average molecular weight is 399 g/mol. The number of fused-ring (bicyclic) bond motifs is 2. The maximum absolute atomic E-state index is 13.8. The van der Waals surface area contributed by atoms with Crippen LogP contribution in [0.15, 0.2) is 79.0 Å². The zero-order valence-electron chi connectivity index (χ0n) is 16.7. The van der Waals surface area contributed by atoms with Crippen LogP contribution >= 0.6 is 0 Å². The van der Waals surface area contributed by atoms with E-state index >= 15 is 0 Å². The van der Waals surface area contributed by atoms with E-state index in [2.05, 4.69) is 12.0 Å². The predicted molar refractivity (Wildman–Crippen MR) is 115 cm³/mol. The van der Waals surface area contributed by atoms with Gasteiger partial charge >= 0.3 is 0 Å². The maximum atomic E-state index is 13.8. The highest BCUT2D eigenvalue weighted by Crippen LogP contribution is 2.32. The molecule has 2 heterocycles. The van der Waals surface area contributed by atoms with E-state index in [1.165, 1.54) is 0 Å². The van der Waals surface area contributed by atoms with Crippen molar-refractivity contribution in [1.82, 2.24) is 4.98 Å². The number of quaternary nitrogens is 1. The number of Topliss-reactive ketones (excluding diaryl/α,β-unsaturated/α-hetero) is 1. The van der Waals surface area contributed by atoms with Crippen molar-refractivity contribution in [2.45, 2.75) is 12.6 Å². The van der Waals surface area contributed by atoms with E-state index in [0.29, 0.717) is 6.54 Å². The van der Waals surface area contributed by atoms with Gasteiger partial charge in [-0.1, -0.05) is 48.5 Å². The Labute approximate surface area is 174 Å². The maximum Gasteiger partial charge on any atom is 0.231 e. The zero-order valence-corrected chi connectivity index (χ0v) is 16.7. The Morgan fingerprint density at radius 3 is 2.63 bits per heavy atom. The zero-order chi connectivity index (χ0) is 20.5. The second-order valence-corrected chi connectivity index (χ2v) is 7.67. The number of para-hydroxylation sites is 1. The molecule has 4 aromatic rings. The molecule has 1 aliphatic rings. The normalized spacial score (nSPS) is 14.6. The minimum absolute atomic E-state index is 0.108. The van der Waals surface area contributed by atoms with Crippen molar-refractivity contribution in [2.75, 3.05) is 13.8 Å². The van der Waals surface area contributed by atoms with Gasteiger partial charge in [0.1, 0.15) is 6.54 Å². The Morgan fingerprint density at radius 2 is 1.77 bits per heavy atom. The number of carbonyl (C=O) groups excluding carboxylic acids is 1. The first kappa shape index (κ1) is 18.5. The minimum atomic E-state index is -0.323. The van der Waals surface area contributed by atoms with Crippen LogP contribution in [0.5, 0.6) is 11.5 Å². The van der Waals surface area contributed by atoms with Crippen LogP contribution in [0.2, 0.25) is 0 Å². The Hall–Kier alpha value is -3.57. The van der Waals surface area contributed by atoms with Crippen molar-refractivity contribution >= 4 is 16.7 Å². The quantitative estimate of drug-likeness (QED) is 0.488. The Bertz CT molecular complexity index is 1200. The van der Waals surface area contributed by atoms with Gasteiger partial charge in [-0.05, 0) is 24.3 Å². The van der Waals surface area contributed by atoms with Crippen molar-refractivity contribution < 1.29 is 19.2 Å². The molecule has 0 spiro atoms. The lowest BCUT2D eigenvalue weighted by Gasteiger charge is -2.24. The van der Waals surface area contributed by atoms with Gasteiger partial charge < -0.3 is 19.4 Å². The molecule has 5 heteroatoms. The van der Waals surface area contributed by atoms with Crippen molar-refractivity contribution in [2.24, 2.45) is 0 Å². The summed E-state index contributed by atoms with van der Waals surface area (Å²) in [5.41, 5.74) is 3.81. The van der Waals surface area contributed by atoms with Crippen molar-refractivity contribution in [3.63, 3.8) is 0 Å². The summed E-state index contributed by atoms with van der Waals surface area (Å²) in [6, 6.07) is 23.6. The minimum Gasteiger partial charge on any atom is -0.454 e. The van der Waals surface area contributed by atoms with Gasteiger partial charge in [0.2, 0.25) is 12.6 Å². The fourth-order valence-corrected chi connectivity index (χ4v) is 4.21. The fourth-order valence-electron chi connectivity index (χ4n) is 4.21. The van der Waals surface area contributed by atoms with Crippen molar-refractivity contribution in [3.8, 4) is 11.5 Å². The summed E-state index contributed by atoms with van der Waals surface area (Å²) in [5.74, 6) is 1.64. The number of ether oxygens (including phenoxy) is 2. The van der Waals surface area contributed by atoms with E-state index in [9.17, 15) is 4.79 Å². The van der Waals surface area contributed by atoms with Crippen molar-refractivity contribution in [3.05, 3.63) is 95.7 Å². The number of H-pyrrole nitrogens is 1. The molecular weight excluding hydrogens is 376 g/mol. The first-order chi connectivity index (χ1) is 14.7. The predicted octanol–water partition coefficient (Wildman–Crippen LogP) is 3.54. The van der Waals surface area contributed by atoms with Gasteiger partial charge in [0, 0.05) is 33.8 Å². The summed E-state index contributed by atoms with van der Waals surface area (Å²) in [4.78, 5) is 18.1. The molecule has 30 heavy (non-hydrogen) atoms. The summed E-state index contributed by atoms with van der Waals surface area (Å²) < 4.78 is 10.9. The van der Waals surface area contributed by atoms with Crippen LogP contribution in [0.1, 0.15) is 27.5 Å². The van der Waals surface area contributed by atoms with Gasteiger partial charge in [-0.25, -0.2) is 0 Å². The molecule has 0 fully saturated rings. The SMILES string of the molecule is C[NH+](Cc1ccc2c(c1)OCO2)[C@H](C(=O)c1c[nH]c2ccccc12)c1ccccc1. The number of ketones is 1. The highest BCUT2D eigenvalue weighted by atomic mass is 16.7. The molecule has 1 aliphatic heterocycles. The fraction of sp³-hybridized carbons (Fsp3) is 0.160. The monoisotopic (exact) mass is 399 g/mol. The van der Waals surface area contributed by atoms with E-state index in [-0.39, 0.29) is 18.6 Å². The lowest BCUT2D eigenvalue weighted by atomic mass is 9.95. The molecule has 0 saturated heterocycles. The van der Waals surface area contributed by atoms with Gasteiger partial charge in [0.25, 0.3) is 0 Å². The molecule has 0 radical (unpaired) electrons. The number of aromatic nitrogens is 1. The van der Waals surface area contributed by atoms with E-state index in [1.54, 1.807) is 0 Å². The number of benzene rings is 3. The Balaban J connectivity index is 1.49. The van der Waals surface area contributed by atoms with Gasteiger partial charge in [0.05, 0.1) is 7.05 Å². The smallest absolute Gasteiger partial charge is 0.231 e. The lowest BCUT2D eigenvalue weighted by molar-refractivity contribution is -0.915. The molecule has 5 rings (SSSR count). The molecule has 150 valence electrons. The molecule has 3 aromatic carbocycles. The molecule has 0 amide bonds. The third-order valence-corrected chi connectivity index (χ3v) is 5.66. The third-order valence-electron chi connectivity index (χ3n) is 5.66. The van der Waals surface area contributed by atoms with Crippen LogP contribution in [-0.2, 0) is 6.54 Å². The van der Waals surface area contributed by atoms with E-state index in [0.717, 1.165) is 44.0 Å². The summed E-state index contributed by atoms with van der Waals surface area (Å²) in [6.45, 7) is 0.942. The molecule has 0 aliphatic carbocycles. The number of rotatable bonds is 6. The van der Waals surface area contributed by atoms with Gasteiger partial charge in [0.15, 0.2) is 17.5 Å². The number of nitrogens with one attached hydrogen (secondary N) is 2. The Kier molecular flexibility index (Phi) is 4.73. The van der Waals surface area contributed by atoms with Crippen LogP contribution in [-0.4, -0.2) is 24.6 Å². The summed E-state index contributed by atoms with van der Waals surface area (Å²) >= 11 is 0. The first-order valence-electron chi connectivity index (χ1n) is 10.1. The van der Waals surface area contributed by atoms with E-state index in [4.69, 9.17) is 9.47 Å². The summed E-state index contributed by atoms with van der Waals surface area (Å²) in [7, 11) is 2.06. The second-order valence-electron chi connectivity index (χ2n) is 7.67. The van der Waals surface area contributed by atoms with E-state index in [1.807, 2.05) is 79.0 Å². The standard InChI is InChI=1S/C25H22N2O3/c1-27(15-17-11-12-22-23(13-17)30-16-29-22)24(18-7-3-2-4-8-18)25(28)20-14-26-21-10-6-5-9-19(20)21/h2-14,24,26H,15-16H2,1H3/p+1/t24-/m0/s1. The van der Waals surface area contributed by atoms with Crippen LogP contribution in [0.25, 0.3) is 10.9 Å².